The molecule has 0 aromatic heterocycles. The van der Waals surface area contributed by atoms with Crippen LogP contribution < -0.4 is 0 Å². The second-order valence-electron chi connectivity index (χ2n) is 7.53. The van der Waals surface area contributed by atoms with Crippen LogP contribution in [0.3, 0.4) is 0 Å². The summed E-state index contributed by atoms with van der Waals surface area (Å²) < 4.78 is 26.4. The first-order valence-electron chi connectivity index (χ1n) is 10.4. The summed E-state index contributed by atoms with van der Waals surface area (Å²) in [5.41, 5.74) is 0. The molecule has 6 fully saturated rings. The number of halogens is 2. The number of ether oxygens (including phenoxy) is 2. The molecule has 13 heteroatoms. The van der Waals surface area contributed by atoms with E-state index in [9.17, 15) is 0 Å². The molecule has 0 aromatic carbocycles. The van der Waals surface area contributed by atoms with E-state index in [1.807, 2.05) is 0 Å². The van der Waals surface area contributed by atoms with Gasteiger partial charge in [-0.3, -0.25) is 28.0 Å². The van der Waals surface area contributed by atoms with Gasteiger partial charge in [0.1, 0.15) is 16.7 Å². The minimum atomic E-state index is -0.0546. The molecule has 6 saturated heterocycles. The second kappa shape index (κ2) is 12.9. The van der Waals surface area contributed by atoms with Crippen molar-refractivity contribution in [3.63, 3.8) is 0 Å². The Kier molecular flexibility index (Phi) is 11.1. The first kappa shape index (κ1) is 24.8. The molecule has 0 unspecified atom stereocenters. The topological polar surface area (TPSA) is 37.0 Å². The first-order valence-corrected chi connectivity index (χ1v) is 22.0. The van der Waals surface area contributed by atoms with Gasteiger partial charge < -0.3 is 9.47 Å². The van der Waals surface area contributed by atoms with Crippen LogP contribution >= 0.6 is 55.8 Å². The van der Waals surface area contributed by atoms with Crippen molar-refractivity contribution >= 4 is 55.8 Å². The van der Waals surface area contributed by atoms with Crippen LogP contribution in [0.25, 0.3) is 0 Å². The van der Waals surface area contributed by atoms with Crippen molar-refractivity contribution in [1.82, 2.24) is 28.0 Å². The van der Waals surface area contributed by atoms with Crippen molar-refractivity contribution in [2.45, 2.75) is 0 Å². The standard InChI is InChI=1S/2C8H16N3OP.2HI.Pd/c2*1-2-9(1)13(10-3-4-10)11-5-7-12-8-6-11;;;/h2*1-8H2;2*1H;/q;;;;+2/p-2. The van der Waals surface area contributed by atoms with Crippen LogP contribution in [0, 0.1) is 0 Å². The average molecular weight is 763 g/mol. The summed E-state index contributed by atoms with van der Waals surface area (Å²) in [6.07, 6.45) is 0. The second-order valence-corrected chi connectivity index (χ2v) is 24.0. The van der Waals surface area contributed by atoms with Crippen LogP contribution in [-0.4, -0.2) is 133 Å². The van der Waals surface area contributed by atoms with Crippen LogP contribution in [0.15, 0.2) is 0 Å². The molecule has 0 N–H and O–H groups in total. The predicted octanol–water partition coefficient (Wildman–Crippen LogP) is 2.12. The van der Waals surface area contributed by atoms with Gasteiger partial charge in [0.15, 0.2) is 0 Å². The Morgan fingerprint density at radius 1 is 0.448 bits per heavy atom. The Bertz CT molecular complexity index is 428. The minimum absolute atomic E-state index is 0.0546. The van der Waals surface area contributed by atoms with Crippen LogP contribution in [0.1, 0.15) is 0 Å². The van der Waals surface area contributed by atoms with Gasteiger partial charge in [-0.05, 0) is 0 Å². The van der Waals surface area contributed by atoms with E-state index in [0.29, 0.717) is 0 Å². The summed E-state index contributed by atoms with van der Waals surface area (Å²) in [5.74, 6) is 0. The third-order valence-electron chi connectivity index (χ3n) is 5.19. The summed E-state index contributed by atoms with van der Waals surface area (Å²) in [6.45, 7) is 18.8. The van der Waals surface area contributed by atoms with Gasteiger partial charge >= 0.3 is 49.8 Å². The fourth-order valence-corrected chi connectivity index (χ4v) is 8.41. The van der Waals surface area contributed by atoms with Crippen molar-refractivity contribution in [3.05, 3.63) is 0 Å². The molecule has 0 bridgehead atoms. The molecule has 0 spiro atoms. The number of hydrogen-bond donors (Lipinski definition) is 0. The van der Waals surface area contributed by atoms with Gasteiger partial charge in [0.25, 0.3) is 0 Å². The van der Waals surface area contributed by atoms with E-state index >= 15 is 0 Å². The maximum atomic E-state index is 5.38. The molecule has 6 rings (SSSR count). The molecule has 6 heterocycles. The summed E-state index contributed by atoms with van der Waals surface area (Å²) in [4.78, 5) is 0. The molecule has 0 atom stereocenters. The fourth-order valence-electron chi connectivity index (χ4n) is 3.43. The van der Waals surface area contributed by atoms with Crippen LogP contribution in [0.4, 0.5) is 0 Å². The molecule has 172 valence electrons. The fraction of sp³-hybridized carbons (Fsp3) is 1.00. The molecule has 0 aromatic rings. The van der Waals surface area contributed by atoms with E-state index in [-0.39, 0.29) is 16.7 Å². The molecule has 0 aliphatic carbocycles. The number of nitrogens with zero attached hydrogens (tertiary/aromatic N) is 6. The van der Waals surface area contributed by atoms with Gasteiger partial charge in [-0.15, -0.1) is 0 Å². The zero-order valence-corrected chi connectivity index (χ0v) is 24.4. The van der Waals surface area contributed by atoms with E-state index in [1.54, 1.807) is 0 Å². The maximum absolute atomic E-state index is 5.38. The van der Waals surface area contributed by atoms with E-state index in [4.69, 9.17) is 9.47 Å². The summed E-state index contributed by atoms with van der Waals surface area (Å²) in [5, 5.41) is 0. The number of hydrogen-bond acceptors (Lipinski definition) is 8. The molecule has 0 saturated carbocycles. The molecule has 0 amide bonds. The zero-order chi connectivity index (χ0) is 20.1. The molecule has 6 aliphatic heterocycles. The zero-order valence-electron chi connectivity index (χ0n) is 16.8. The van der Waals surface area contributed by atoms with Gasteiger partial charge in [0.2, 0.25) is 0 Å². The SMILES string of the molecule is C1CN(P(N2CC2)N2CC2)CCO1.C1CN(P(N2CC2)N2CC2)CCO1.[I][Pd][I]. The quantitative estimate of drug-likeness (QED) is 0.177. The predicted molar refractivity (Wildman–Crippen MR) is 133 cm³/mol. The van der Waals surface area contributed by atoms with Crippen LogP contribution in [0.2, 0.25) is 0 Å². The third kappa shape index (κ3) is 8.43. The molecular weight excluding hydrogens is 730 g/mol. The Morgan fingerprint density at radius 3 is 0.862 bits per heavy atom. The summed E-state index contributed by atoms with van der Waals surface area (Å²) >= 11 is 4.65. The summed E-state index contributed by atoms with van der Waals surface area (Å²) in [7, 11) is 0.781. The van der Waals surface area contributed by atoms with E-state index < -0.39 is 0 Å². The van der Waals surface area contributed by atoms with Crippen LogP contribution in [0.5, 0.6) is 0 Å². The van der Waals surface area contributed by atoms with Gasteiger partial charge in [-0.2, -0.15) is 0 Å². The van der Waals surface area contributed by atoms with Crippen molar-refractivity contribution in [1.29, 1.82) is 0 Å². The van der Waals surface area contributed by atoms with Crippen LogP contribution in [-0.2, 0) is 20.2 Å². The Hall–Kier alpha value is 2.66. The summed E-state index contributed by atoms with van der Waals surface area (Å²) in [6, 6.07) is 0. The van der Waals surface area contributed by atoms with Gasteiger partial charge in [0.05, 0.1) is 26.4 Å². The molecule has 6 aliphatic rings. The molecular formula is C16H32I2N6O2P2Pd. The van der Waals surface area contributed by atoms with Gasteiger partial charge in [-0.25, -0.2) is 0 Å². The Balaban J connectivity index is 0.000000125. The van der Waals surface area contributed by atoms with Crippen molar-refractivity contribution < 1.29 is 20.2 Å². The molecule has 8 nitrogen and oxygen atoms in total. The normalized spacial score (nSPS) is 28.7. The van der Waals surface area contributed by atoms with Crippen molar-refractivity contribution in [2.75, 3.05) is 105 Å². The Labute approximate surface area is 207 Å². The van der Waals surface area contributed by atoms with Crippen molar-refractivity contribution in [2.24, 2.45) is 0 Å². The van der Waals surface area contributed by atoms with Gasteiger partial charge in [-0.1, -0.05) is 0 Å². The number of morpholine rings is 2. The van der Waals surface area contributed by atoms with Crippen molar-refractivity contribution in [3.8, 4) is 0 Å². The Morgan fingerprint density at radius 2 is 0.655 bits per heavy atom. The third-order valence-corrected chi connectivity index (χ3v) is 10.6. The van der Waals surface area contributed by atoms with E-state index in [2.05, 4.69) is 67.1 Å². The average Bonchev–Trinajstić information content (AvgIpc) is 3.59. The van der Waals surface area contributed by atoms with E-state index in [1.165, 1.54) is 52.4 Å². The molecule has 29 heavy (non-hydrogen) atoms. The number of rotatable bonds is 6. The van der Waals surface area contributed by atoms with Gasteiger partial charge in [0, 0.05) is 78.5 Å². The van der Waals surface area contributed by atoms with E-state index in [0.717, 1.165) is 63.4 Å². The first-order chi connectivity index (χ1) is 14.3. The monoisotopic (exact) mass is 762 g/mol. The molecule has 0 radical (unpaired) electrons.